The Morgan fingerprint density at radius 2 is 1.60 bits per heavy atom. The largest absolute Gasteiger partial charge is 0.489 e. The maximum absolute atomic E-state index is 5.72. The molecular formula is C13H9Br3N2O2. The van der Waals surface area contributed by atoms with Crippen molar-refractivity contribution in [2.24, 2.45) is 0 Å². The summed E-state index contributed by atoms with van der Waals surface area (Å²) >= 11 is 10.3. The molecule has 0 saturated heterocycles. The Morgan fingerprint density at radius 1 is 0.900 bits per heavy atom. The highest BCUT2D eigenvalue weighted by atomic mass is 79.9. The molecule has 0 aliphatic carbocycles. The molecule has 2 heterocycles. The molecule has 0 radical (unpaired) electrons. The second kappa shape index (κ2) is 5.99. The molecule has 104 valence electrons. The molecule has 0 fully saturated rings. The number of hydrogen-bond acceptors (Lipinski definition) is 4. The van der Waals surface area contributed by atoms with Gasteiger partial charge >= 0.3 is 0 Å². The lowest BCUT2D eigenvalue weighted by Crippen LogP contribution is -1.97. The van der Waals surface area contributed by atoms with Gasteiger partial charge < -0.3 is 9.47 Å². The third-order valence-electron chi connectivity index (χ3n) is 2.72. The first-order chi connectivity index (χ1) is 9.63. The quantitative estimate of drug-likeness (QED) is 0.579. The summed E-state index contributed by atoms with van der Waals surface area (Å²) in [6.07, 6.45) is 0.870. The van der Waals surface area contributed by atoms with Gasteiger partial charge in [-0.3, -0.25) is 0 Å². The molecule has 0 N–H and O–H groups in total. The van der Waals surface area contributed by atoms with E-state index in [1.807, 2.05) is 12.1 Å². The Morgan fingerprint density at radius 3 is 2.35 bits per heavy atom. The molecule has 7 heteroatoms. The summed E-state index contributed by atoms with van der Waals surface area (Å²) in [6.45, 7) is 1.30. The molecule has 0 saturated carbocycles. The standard InChI is InChI=1S/C13H9Br3N2O2/c14-8-4-7(13-17-10(15)6-11(16)18-13)5-9-12(8)20-3-1-2-19-9/h4-6H,1-3H2. The van der Waals surface area contributed by atoms with Crippen LogP contribution in [0.4, 0.5) is 0 Å². The van der Waals surface area contributed by atoms with E-state index in [1.165, 1.54) is 0 Å². The van der Waals surface area contributed by atoms with Gasteiger partial charge in [-0.25, -0.2) is 9.97 Å². The van der Waals surface area contributed by atoms with Crippen LogP contribution in [0.5, 0.6) is 11.5 Å². The first-order valence-electron chi connectivity index (χ1n) is 5.93. The molecule has 1 aromatic heterocycles. The fraction of sp³-hybridized carbons (Fsp3) is 0.231. The van der Waals surface area contributed by atoms with Gasteiger partial charge in [0.1, 0.15) is 9.21 Å². The predicted molar refractivity (Wildman–Crippen MR) is 86.2 cm³/mol. The Hall–Kier alpha value is -0.660. The lowest BCUT2D eigenvalue weighted by molar-refractivity contribution is 0.296. The monoisotopic (exact) mass is 462 g/mol. The number of halogens is 3. The first kappa shape index (κ1) is 14.3. The Kier molecular flexibility index (Phi) is 4.28. The van der Waals surface area contributed by atoms with E-state index in [0.717, 1.165) is 31.4 Å². The van der Waals surface area contributed by atoms with Crippen LogP contribution in [0.1, 0.15) is 6.42 Å². The molecule has 4 nitrogen and oxygen atoms in total. The summed E-state index contributed by atoms with van der Waals surface area (Å²) in [6, 6.07) is 5.63. The van der Waals surface area contributed by atoms with E-state index in [-0.39, 0.29) is 0 Å². The van der Waals surface area contributed by atoms with Crippen LogP contribution in [0.2, 0.25) is 0 Å². The minimum Gasteiger partial charge on any atom is -0.489 e. The summed E-state index contributed by atoms with van der Waals surface area (Å²) in [5.41, 5.74) is 0.864. The van der Waals surface area contributed by atoms with E-state index in [9.17, 15) is 0 Å². The number of ether oxygens (including phenoxy) is 2. The zero-order valence-electron chi connectivity index (χ0n) is 10.2. The van der Waals surface area contributed by atoms with E-state index in [4.69, 9.17) is 9.47 Å². The normalized spacial score (nSPS) is 13.9. The number of rotatable bonds is 1. The van der Waals surface area contributed by atoms with Crippen LogP contribution in [0.15, 0.2) is 31.9 Å². The SMILES string of the molecule is Brc1cc(Br)nc(-c2cc(Br)c3c(c2)OCCCO3)n1. The molecule has 1 aliphatic rings. The zero-order chi connectivity index (χ0) is 14.1. The third-order valence-corrected chi connectivity index (χ3v) is 4.13. The maximum atomic E-state index is 5.72. The smallest absolute Gasteiger partial charge is 0.175 e. The van der Waals surface area contributed by atoms with Crippen molar-refractivity contribution >= 4 is 47.8 Å². The topological polar surface area (TPSA) is 44.2 Å². The van der Waals surface area contributed by atoms with Crippen LogP contribution in [-0.2, 0) is 0 Å². The molecule has 0 amide bonds. The number of hydrogen-bond donors (Lipinski definition) is 0. The van der Waals surface area contributed by atoms with E-state index < -0.39 is 0 Å². The molecular weight excluding hydrogens is 456 g/mol. The van der Waals surface area contributed by atoms with Crippen LogP contribution in [0.25, 0.3) is 11.4 Å². The predicted octanol–water partition coefficient (Wildman–Crippen LogP) is 4.59. The highest BCUT2D eigenvalue weighted by Gasteiger charge is 2.17. The van der Waals surface area contributed by atoms with Gasteiger partial charge in [-0.15, -0.1) is 0 Å². The van der Waals surface area contributed by atoms with Crippen LogP contribution in [0, 0.1) is 0 Å². The summed E-state index contributed by atoms with van der Waals surface area (Å²) in [4.78, 5) is 8.75. The fourth-order valence-corrected chi connectivity index (χ4v) is 3.51. The van der Waals surface area contributed by atoms with Gasteiger partial charge in [0.2, 0.25) is 0 Å². The first-order valence-corrected chi connectivity index (χ1v) is 8.31. The van der Waals surface area contributed by atoms with E-state index >= 15 is 0 Å². The van der Waals surface area contributed by atoms with E-state index in [2.05, 4.69) is 57.8 Å². The third kappa shape index (κ3) is 2.99. The molecule has 0 bridgehead atoms. The summed E-state index contributed by atoms with van der Waals surface area (Å²) < 4.78 is 13.7. The average molecular weight is 465 g/mol. The van der Waals surface area contributed by atoms with Crippen molar-refractivity contribution < 1.29 is 9.47 Å². The maximum Gasteiger partial charge on any atom is 0.175 e. The van der Waals surface area contributed by atoms with Crippen molar-refractivity contribution in [3.63, 3.8) is 0 Å². The molecule has 2 aromatic rings. The summed E-state index contributed by atoms with van der Waals surface area (Å²) in [5.74, 6) is 2.06. The average Bonchev–Trinajstić information content (AvgIpc) is 2.63. The van der Waals surface area contributed by atoms with Crippen molar-refractivity contribution in [3.8, 4) is 22.9 Å². The van der Waals surface area contributed by atoms with Crippen molar-refractivity contribution in [2.45, 2.75) is 6.42 Å². The van der Waals surface area contributed by atoms with Gasteiger partial charge in [0.25, 0.3) is 0 Å². The Labute approximate surface area is 141 Å². The number of aromatic nitrogens is 2. The van der Waals surface area contributed by atoms with Crippen LogP contribution in [-0.4, -0.2) is 23.2 Å². The number of fused-ring (bicyclic) bond motifs is 1. The number of benzene rings is 1. The molecule has 0 unspecified atom stereocenters. The Bertz CT molecular complexity index is 644. The van der Waals surface area contributed by atoms with E-state index in [1.54, 1.807) is 6.07 Å². The lowest BCUT2D eigenvalue weighted by Gasteiger charge is -2.11. The molecule has 0 spiro atoms. The van der Waals surface area contributed by atoms with Crippen molar-refractivity contribution in [1.29, 1.82) is 0 Å². The van der Waals surface area contributed by atoms with Crippen molar-refractivity contribution in [3.05, 3.63) is 31.9 Å². The molecule has 20 heavy (non-hydrogen) atoms. The summed E-state index contributed by atoms with van der Waals surface area (Å²) in [5, 5.41) is 0. The van der Waals surface area contributed by atoms with E-state index in [0.29, 0.717) is 24.8 Å². The highest BCUT2D eigenvalue weighted by Crippen LogP contribution is 2.40. The van der Waals surface area contributed by atoms with Gasteiger partial charge in [-0.1, -0.05) is 0 Å². The van der Waals surface area contributed by atoms with Gasteiger partial charge in [-0.05, 0) is 59.9 Å². The lowest BCUT2D eigenvalue weighted by atomic mass is 10.2. The van der Waals surface area contributed by atoms with Gasteiger partial charge in [0, 0.05) is 18.1 Å². The molecule has 0 atom stereocenters. The second-order valence-corrected chi connectivity index (χ2v) is 6.65. The minimum atomic E-state index is 0.614. The number of nitrogens with zero attached hydrogens (tertiary/aromatic N) is 2. The fourth-order valence-electron chi connectivity index (χ4n) is 1.88. The van der Waals surface area contributed by atoms with Gasteiger partial charge in [-0.2, -0.15) is 0 Å². The van der Waals surface area contributed by atoms with Gasteiger partial charge in [0.15, 0.2) is 17.3 Å². The molecule has 1 aliphatic heterocycles. The van der Waals surface area contributed by atoms with Crippen LogP contribution < -0.4 is 9.47 Å². The summed E-state index contributed by atoms with van der Waals surface area (Å²) in [7, 11) is 0. The molecule has 1 aromatic carbocycles. The van der Waals surface area contributed by atoms with Crippen LogP contribution >= 0.6 is 47.8 Å². The van der Waals surface area contributed by atoms with Crippen molar-refractivity contribution in [1.82, 2.24) is 9.97 Å². The highest BCUT2D eigenvalue weighted by molar-refractivity contribution is 9.11. The Balaban J connectivity index is 2.10. The van der Waals surface area contributed by atoms with Crippen molar-refractivity contribution in [2.75, 3.05) is 13.2 Å². The van der Waals surface area contributed by atoms with Crippen LogP contribution in [0.3, 0.4) is 0 Å². The minimum absolute atomic E-state index is 0.614. The second-order valence-electron chi connectivity index (χ2n) is 4.17. The zero-order valence-corrected chi connectivity index (χ0v) is 15.0. The molecule has 3 rings (SSSR count). The van der Waals surface area contributed by atoms with Gasteiger partial charge in [0.05, 0.1) is 17.7 Å².